The van der Waals surface area contributed by atoms with Crippen LogP contribution in [0, 0.1) is 5.82 Å². The number of nitrogens with zero attached hydrogens (tertiary/aromatic N) is 1. The molecule has 0 unspecified atom stereocenters. The summed E-state index contributed by atoms with van der Waals surface area (Å²) in [6.45, 7) is 2.02. The Morgan fingerprint density at radius 3 is 2.77 bits per heavy atom. The van der Waals surface area contributed by atoms with E-state index in [-0.39, 0.29) is 11.5 Å². The third kappa shape index (κ3) is 2.50. The van der Waals surface area contributed by atoms with Crippen LogP contribution in [0.5, 0.6) is 0 Å². The molecule has 1 aliphatic rings. The molecule has 2 heterocycles. The molecule has 1 aromatic heterocycles. The maximum absolute atomic E-state index is 13.2. The standard InChI is InChI=1S/C16H13FN2O3/c1-2-19-15(20)13(18-16(19)21)9-12-6-7-14(22-12)10-4-3-5-11(17)8-10/h3-9H,2H2,1H3,(H,18,21)/b13-9+. The van der Waals surface area contributed by atoms with Crippen LogP contribution in [-0.2, 0) is 4.79 Å². The maximum atomic E-state index is 13.2. The molecule has 0 saturated carbocycles. The quantitative estimate of drug-likeness (QED) is 0.700. The van der Waals surface area contributed by atoms with Gasteiger partial charge in [-0.1, -0.05) is 12.1 Å². The number of nitrogens with one attached hydrogen (secondary N) is 1. The second-order valence-electron chi connectivity index (χ2n) is 4.75. The summed E-state index contributed by atoms with van der Waals surface area (Å²) in [6, 6.07) is 8.90. The van der Waals surface area contributed by atoms with E-state index in [2.05, 4.69) is 5.32 Å². The van der Waals surface area contributed by atoms with Gasteiger partial charge in [0.05, 0.1) is 0 Å². The van der Waals surface area contributed by atoms with Gasteiger partial charge in [0, 0.05) is 18.2 Å². The molecule has 0 spiro atoms. The van der Waals surface area contributed by atoms with Gasteiger partial charge in [0.25, 0.3) is 5.91 Å². The number of amides is 3. The van der Waals surface area contributed by atoms with Crippen molar-refractivity contribution in [2.24, 2.45) is 0 Å². The number of rotatable bonds is 3. The highest BCUT2D eigenvalue weighted by molar-refractivity contribution is 6.13. The van der Waals surface area contributed by atoms with Gasteiger partial charge in [-0.25, -0.2) is 9.18 Å². The number of likely N-dealkylation sites (N-methyl/N-ethyl adjacent to an activating group) is 1. The van der Waals surface area contributed by atoms with Crippen molar-refractivity contribution in [3.05, 3.63) is 53.7 Å². The van der Waals surface area contributed by atoms with E-state index in [1.165, 1.54) is 18.2 Å². The van der Waals surface area contributed by atoms with Gasteiger partial charge in [-0.15, -0.1) is 0 Å². The van der Waals surface area contributed by atoms with Crippen LogP contribution in [0.2, 0.25) is 0 Å². The highest BCUT2D eigenvalue weighted by Gasteiger charge is 2.32. The van der Waals surface area contributed by atoms with Gasteiger partial charge in [0.2, 0.25) is 0 Å². The number of hydrogen-bond acceptors (Lipinski definition) is 3. The Labute approximate surface area is 126 Å². The van der Waals surface area contributed by atoms with Crippen molar-refractivity contribution >= 4 is 18.0 Å². The molecular formula is C16H13FN2O3. The van der Waals surface area contributed by atoms with Crippen molar-refractivity contribution in [3.63, 3.8) is 0 Å². The van der Waals surface area contributed by atoms with E-state index in [4.69, 9.17) is 4.42 Å². The first-order valence-corrected chi connectivity index (χ1v) is 6.79. The molecule has 1 aromatic carbocycles. The summed E-state index contributed by atoms with van der Waals surface area (Å²) in [5.74, 6) is 0.137. The number of benzene rings is 1. The number of urea groups is 1. The Bertz CT molecular complexity index is 779. The molecule has 1 aliphatic heterocycles. The van der Waals surface area contributed by atoms with Gasteiger partial charge >= 0.3 is 6.03 Å². The number of carbonyl (C=O) groups excluding carboxylic acids is 2. The van der Waals surface area contributed by atoms with E-state index in [0.29, 0.717) is 23.6 Å². The molecule has 1 fully saturated rings. The van der Waals surface area contributed by atoms with Crippen molar-refractivity contribution in [3.8, 4) is 11.3 Å². The van der Waals surface area contributed by atoms with Crippen LogP contribution < -0.4 is 5.32 Å². The van der Waals surface area contributed by atoms with Crippen LogP contribution in [0.3, 0.4) is 0 Å². The smallest absolute Gasteiger partial charge is 0.328 e. The molecule has 3 rings (SSSR count). The number of hydrogen-bond donors (Lipinski definition) is 1. The zero-order valence-electron chi connectivity index (χ0n) is 11.8. The fraction of sp³-hybridized carbons (Fsp3) is 0.125. The lowest BCUT2D eigenvalue weighted by Gasteiger charge is -2.05. The van der Waals surface area contributed by atoms with Crippen molar-refractivity contribution in [1.29, 1.82) is 0 Å². The summed E-state index contributed by atoms with van der Waals surface area (Å²) in [4.78, 5) is 24.6. The Balaban J connectivity index is 1.88. The van der Waals surface area contributed by atoms with Gasteiger partial charge in [-0.3, -0.25) is 9.69 Å². The van der Waals surface area contributed by atoms with E-state index in [0.717, 1.165) is 4.90 Å². The van der Waals surface area contributed by atoms with Crippen molar-refractivity contribution in [1.82, 2.24) is 10.2 Å². The van der Waals surface area contributed by atoms with Crippen LogP contribution in [0.4, 0.5) is 9.18 Å². The van der Waals surface area contributed by atoms with Gasteiger partial charge in [0.15, 0.2) is 0 Å². The van der Waals surface area contributed by atoms with Crippen molar-refractivity contribution < 1.29 is 18.4 Å². The summed E-state index contributed by atoms with van der Waals surface area (Å²) >= 11 is 0. The molecule has 2 aromatic rings. The third-order valence-electron chi connectivity index (χ3n) is 3.30. The van der Waals surface area contributed by atoms with Crippen molar-refractivity contribution in [2.45, 2.75) is 6.92 Å². The first kappa shape index (κ1) is 14.1. The number of imide groups is 1. The second-order valence-corrected chi connectivity index (χ2v) is 4.75. The van der Waals surface area contributed by atoms with Crippen molar-refractivity contribution in [2.75, 3.05) is 6.54 Å². The van der Waals surface area contributed by atoms with E-state index in [9.17, 15) is 14.0 Å². The minimum atomic E-state index is -0.448. The lowest BCUT2D eigenvalue weighted by Crippen LogP contribution is -2.30. The maximum Gasteiger partial charge on any atom is 0.328 e. The highest BCUT2D eigenvalue weighted by Crippen LogP contribution is 2.24. The van der Waals surface area contributed by atoms with Crippen LogP contribution in [0.15, 0.2) is 46.5 Å². The Kier molecular flexibility index (Phi) is 3.50. The lowest BCUT2D eigenvalue weighted by atomic mass is 10.2. The summed E-state index contributed by atoms with van der Waals surface area (Å²) in [6.07, 6.45) is 1.46. The van der Waals surface area contributed by atoms with Gasteiger partial charge in [0.1, 0.15) is 23.0 Å². The summed E-state index contributed by atoms with van der Waals surface area (Å²) < 4.78 is 18.8. The molecular weight excluding hydrogens is 287 g/mol. The third-order valence-corrected chi connectivity index (χ3v) is 3.30. The topological polar surface area (TPSA) is 62.6 Å². The molecule has 1 saturated heterocycles. The lowest BCUT2D eigenvalue weighted by molar-refractivity contribution is -0.122. The molecule has 6 heteroatoms. The SMILES string of the molecule is CCN1C(=O)N/C(=C/c2ccc(-c3cccc(F)c3)o2)C1=O. The molecule has 22 heavy (non-hydrogen) atoms. The Hall–Kier alpha value is -2.89. The zero-order valence-corrected chi connectivity index (χ0v) is 11.8. The Morgan fingerprint density at radius 1 is 1.27 bits per heavy atom. The normalized spacial score (nSPS) is 16.5. The van der Waals surface area contributed by atoms with E-state index in [1.54, 1.807) is 31.2 Å². The van der Waals surface area contributed by atoms with Gasteiger partial charge in [-0.05, 0) is 31.2 Å². The molecule has 0 atom stereocenters. The summed E-state index contributed by atoms with van der Waals surface area (Å²) in [5.41, 5.74) is 0.758. The predicted octanol–water partition coefficient (Wildman–Crippen LogP) is 3.00. The molecule has 0 bridgehead atoms. The summed E-state index contributed by atoms with van der Waals surface area (Å²) in [5, 5.41) is 2.49. The fourth-order valence-electron chi connectivity index (χ4n) is 2.23. The van der Waals surface area contributed by atoms with Gasteiger partial charge < -0.3 is 9.73 Å². The van der Waals surface area contributed by atoms with Crippen LogP contribution in [0.1, 0.15) is 12.7 Å². The molecule has 0 aliphatic carbocycles. The van der Waals surface area contributed by atoms with Crippen LogP contribution in [0.25, 0.3) is 17.4 Å². The fourth-order valence-corrected chi connectivity index (χ4v) is 2.23. The average Bonchev–Trinajstić information content (AvgIpc) is 3.05. The molecule has 3 amide bonds. The average molecular weight is 300 g/mol. The molecule has 0 radical (unpaired) electrons. The summed E-state index contributed by atoms with van der Waals surface area (Å²) in [7, 11) is 0. The number of carbonyl (C=O) groups is 2. The largest absolute Gasteiger partial charge is 0.457 e. The second kappa shape index (κ2) is 5.48. The van der Waals surface area contributed by atoms with E-state index in [1.807, 2.05) is 0 Å². The monoisotopic (exact) mass is 300 g/mol. The molecule has 5 nitrogen and oxygen atoms in total. The minimum absolute atomic E-state index is 0.159. The van der Waals surface area contributed by atoms with E-state index < -0.39 is 11.9 Å². The Morgan fingerprint density at radius 2 is 2.09 bits per heavy atom. The van der Waals surface area contributed by atoms with Crippen LogP contribution >= 0.6 is 0 Å². The van der Waals surface area contributed by atoms with Gasteiger partial charge in [-0.2, -0.15) is 0 Å². The van der Waals surface area contributed by atoms with E-state index >= 15 is 0 Å². The first-order chi connectivity index (χ1) is 10.6. The molecule has 1 N–H and O–H groups in total. The first-order valence-electron chi connectivity index (χ1n) is 6.79. The predicted molar refractivity (Wildman–Crippen MR) is 78.0 cm³/mol. The highest BCUT2D eigenvalue weighted by atomic mass is 19.1. The minimum Gasteiger partial charge on any atom is -0.457 e. The molecule has 112 valence electrons. The zero-order chi connectivity index (χ0) is 15.7. The number of halogens is 1. The number of furan rings is 1. The van der Waals surface area contributed by atoms with Crippen LogP contribution in [-0.4, -0.2) is 23.4 Å².